The quantitative estimate of drug-likeness (QED) is 0.777. The van der Waals surface area contributed by atoms with E-state index in [4.69, 9.17) is 0 Å². The molecule has 4 nitrogen and oxygen atoms in total. The zero-order chi connectivity index (χ0) is 11.6. The van der Waals surface area contributed by atoms with Crippen LogP contribution in [0.25, 0.3) is 0 Å². The standard InChI is InChI=1S/C12H16O4.CH4/c13-9(14)11-2-7-1-8(4-11)5-12(3-7,6-11)10(15)16;/h7-8H,1-6H2,(H,13,14)(H,15,16);1H4. The van der Waals surface area contributed by atoms with Gasteiger partial charge in [0.2, 0.25) is 0 Å². The van der Waals surface area contributed by atoms with Gasteiger partial charge < -0.3 is 10.2 Å². The lowest BCUT2D eigenvalue weighted by Gasteiger charge is -2.58. The van der Waals surface area contributed by atoms with Gasteiger partial charge in [-0.1, -0.05) is 7.43 Å². The van der Waals surface area contributed by atoms with Crippen LogP contribution in [0.5, 0.6) is 0 Å². The number of rotatable bonds is 2. The van der Waals surface area contributed by atoms with Gasteiger partial charge in [0, 0.05) is 0 Å². The molecule has 0 aromatic carbocycles. The third-order valence-electron chi connectivity index (χ3n) is 4.97. The van der Waals surface area contributed by atoms with E-state index in [2.05, 4.69) is 0 Å². The van der Waals surface area contributed by atoms with Crippen molar-refractivity contribution in [2.45, 2.75) is 46.0 Å². The first-order valence-electron chi connectivity index (χ1n) is 5.93. The number of carboxylic acids is 2. The van der Waals surface area contributed by atoms with Gasteiger partial charge in [-0.3, -0.25) is 9.59 Å². The first kappa shape index (κ1) is 12.4. The minimum absolute atomic E-state index is 0. The molecule has 0 heterocycles. The molecule has 96 valence electrons. The van der Waals surface area contributed by atoms with Crippen LogP contribution in [0.4, 0.5) is 0 Å². The Morgan fingerprint density at radius 2 is 1.24 bits per heavy atom. The van der Waals surface area contributed by atoms with Crippen molar-refractivity contribution < 1.29 is 19.8 Å². The molecular formula is C13H20O4. The van der Waals surface area contributed by atoms with Crippen molar-refractivity contribution in [1.29, 1.82) is 0 Å². The number of carboxylic acid groups (broad SMARTS) is 2. The fraction of sp³-hybridized carbons (Fsp3) is 0.846. The highest BCUT2D eigenvalue weighted by atomic mass is 16.4. The number of hydrogen-bond acceptors (Lipinski definition) is 2. The summed E-state index contributed by atoms with van der Waals surface area (Å²) in [6.45, 7) is 0. The lowest BCUT2D eigenvalue weighted by Crippen LogP contribution is -2.57. The average molecular weight is 240 g/mol. The lowest BCUT2D eigenvalue weighted by molar-refractivity contribution is -0.187. The molecule has 2 N–H and O–H groups in total. The normalized spacial score (nSPS) is 46.4. The summed E-state index contributed by atoms with van der Waals surface area (Å²) in [6.07, 6.45) is 4.21. The molecule has 4 heteroatoms. The van der Waals surface area contributed by atoms with E-state index >= 15 is 0 Å². The molecule has 0 saturated heterocycles. The maximum Gasteiger partial charge on any atom is 0.309 e. The fourth-order valence-electron chi connectivity index (χ4n) is 4.76. The molecule has 4 saturated carbocycles. The summed E-state index contributed by atoms with van der Waals surface area (Å²) in [6, 6.07) is 0. The summed E-state index contributed by atoms with van der Waals surface area (Å²) >= 11 is 0. The fourth-order valence-corrected chi connectivity index (χ4v) is 4.76. The maximum atomic E-state index is 11.4. The van der Waals surface area contributed by atoms with Crippen molar-refractivity contribution in [2.24, 2.45) is 22.7 Å². The minimum Gasteiger partial charge on any atom is -0.481 e. The molecule has 4 rings (SSSR count). The second-order valence-electron chi connectivity index (χ2n) is 6.13. The number of hydrogen-bond donors (Lipinski definition) is 2. The van der Waals surface area contributed by atoms with E-state index in [0.717, 1.165) is 6.42 Å². The predicted octanol–water partition coefficient (Wildman–Crippen LogP) is 2.38. The van der Waals surface area contributed by atoms with Crippen LogP contribution >= 0.6 is 0 Å². The summed E-state index contributed by atoms with van der Waals surface area (Å²) in [7, 11) is 0. The Kier molecular flexibility index (Phi) is 2.53. The molecule has 0 spiro atoms. The van der Waals surface area contributed by atoms with Gasteiger partial charge in [-0.05, 0) is 50.4 Å². The number of carbonyl (C=O) groups is 2. The third kappa shape index (κ3) is 1.49. The van der Waals surface area contributed by atoms with Crippen LogP contribution in [-0.4, -0.2) is 22.2 Å². The van der Waals surface area contributed by atoms with E-state index in [1.165, 1.54) is 0 Å². The summed E-state index contributed by atoms with van der Waals surface area (Å²) in [5.74, 6) is -0.888. The van der Waals surface area contributed by atoms with Crippen molar-refractivity contribution in [2.75, 3.05) is 0 Å². The van der Waals surface area contributed by atoms with Crippen LogP contribution in [0, 0.1) is 22.7 Å². The van der Waals surface area contributed by atoms with Crippen LogP contribution in [0.15, 0.2) is 0 Å². The van der Waals surface area contributed by atoms with Crippen LogP contribution in [0.1, 0.15) is 46.0 Å². The van der Waals surface area contributed by atoms with Gasteiger partial charge in [0.05, 0.1) is 10.8 Å². The molecule has 4 aliphatic carbocycles. The minimum atomic E-state index is -0.771. The summed E-state index contributed by atoms with van der Waals surface area (Å²) in [5, 5.41) is 18.8. The highest BCUT2D eigenvalue weighted by Crippen LogP contribution is 2.65. The zero-order valence-corrected chi connectivity index (χ0v) is 9.11. The molecule has 0 aliphatic heterocycles. The molecule has 4 aliphatic rings. The summed E-state index contributed by atoms with van der Waals surface area (Å²) < 4.78 is 0. The van der Waals surface area contributed by atoms with Crippen molar-refractivity contribution in [1.82, 2.24) is 0 Å². The van der Waals surface area contributed by atoms with Gasteiger partial charge >= 0.3 is 11.9 Å². The van der Waals surface area contributed by atoms with Crippen molar-refractivity contribution in [3.8, 4) is 0 Å². The molecule has 0 amide bonds. The van der Waals surface area contributed by atoms with Crippen LogP contribution < -0.4 is 0 Å². The SMILES string of the molecule is C.O=C(O)C12CC3CC(C1)CC(C(=O)O)(C3)C2. The molecule has 0 aromatic rings. The Morgan fingerprint density at radius 1 is 0.882 bits per heavy atom. The highest BCUT2D eigenvalue weighted by Gasteiger charge is 2.63. The zero-order valence-electron chi connectivity index (χ0n) is 9.11. The Labute approximate surface area is 101 Å². The van der Waals surface area contributed by atoms with E-state index in [-0.39, 0.29) is 7.43 Å². The van der Waals surface area contributed by atoms with Gasteiger partial charge in [0.15, 0.2) is 0 Å². The van der Waals surface area contributed by atoms with Crippen LogP contribution in [0.2, 0.25) is 0 Å². The molecule has 4 fully saturated rings. The van der Waals surface area contributed by atoms with E-state index < -0.39 is 22.8 Å². The molecular weight excluding hydrogens is 220 g/mol. The Bertz CT molecular complexity index is 328. The first-order valence-corrected chi connectivity index (χ1v) is 5.93. The van der Waals surface area contributed by atoms with Crippen LogP contribution in [-0.2, 0) is 9.59 Å². The smallest absolute Gasteiger partial charge is 0.309 e. The number of aliphatic carboxylic acids is 2. The second-order valence-corrected chi connectivity index (χ2v) is 6.13. The highest BCUT2D eigenvalue weighted by molar-refractivity contribution is 5.81. The molecule has 0 radical (unpaired) electrons. The topological polar surface area (TPSA) is 74.6 Å². The molecule has 0 unspecified atom stereocenters. The van der Waals surface area contributed by atoms with E-state index in [9.17, 15) is 19.8 Å². The third-order valence-corrected chi connectivity index (χ3v) is 4.97. The predicted molar refractivity (Wildman–Crippen MR) is 61.6 cm³/mol. The van der Waals surface area contributed by atoms with E-state index in [0.29, 0.717) is 43.9 Å². The largest absolute Gasteiger partial charge is 0.481 e. The summed E-state index contributed by atoms with van der Waals surface area (Å²) in [4.78, 5) is 22.8. The maximum absolute atomic E-state index is 11.4. The van der Waals surface area contributed by atoms with Gasteiger partial charge in [-0.15, -0.1) is 0 Å². The van der Waals surface area contributed by atoms with Gasteiger partial charge in [0.25, 0.3) is 0 Å². The van der Waals surface area contributed by atoms with Crippen LogP contribution in [0.3, 0.4) is 0 Å². The molecule has 0 aromatic heterocycles. The summed E-state index contributed by atoms with van der Waals surface area (Å²) in [5.41, 5.74) is -1.44. The molecule has 4 bridgehead atoms. The molecule has 0 atom stereocenters. The Hall–Kier alpha value is -1.06. The van der Waals surface area contributed by atoms with E-state index in [1.54, 1.807) is 0 Å². The monoisotopic (exact) mass is 240 g/mol. The van der Waals surface area contributed by atoms with Gasteiger partial charge in [-0.25, -0.2) is 0 Å². The first-order chi connectivity index (χ1) is 7.46. The second kappa shape index (κ2) is 3.47. The Balaban J connectivity index is 0.00000108. The Morgan fingerprint density at radius 3 is 1.53 bits per heavy atom. The van der Waals surface area contributed by atoms with Crippen molar-refractivity contribution >= 4 is 11.9 Å². The van der Waals surface area contributed by atoms with Crippen molar-refractivity contribution in [3.05, 3.63) is 0 Å². The van der Waals surface area contributed by atoms with Gasteiger partial charge in [-0.2, -0.15) is 0 Å². The average Bonchev–Trinajstić information content (AvgIpc) is 2.14. The molecule has 17 heavy (non-hydrogen) atoms. The lowest BCUT2D eigenvalue weighted by atomic mass is 9.44. The van der Waals surface area contributed by atoms with Gasteiger partial charge in [0.1, 0.15) is 0 Å². The van der Waals surface area contributed by atoms with E-state index in [1.807, 2.05) is 0 Å². The van der Waals surface area contributed by atoms with Crippen molar-refractivity contribution in [3.63, 3.8) is 0 Å².